The molecule has 4 aromatic carbocycles. The van der Waals surface area contributed by atoms with Crippen LogP contribution in [0, 0.1) is 83.1 Å². The number of carbonyl (C=O) groups excluding carboxylic acids is 1. The number of carbonyl (C=O) groups is 1. The molecule has 0 radical (unpaired) electrons. The van der Waals surface area contributed by atoms with Gasteiger partial charge in [-0.1, -0.05) is 395 Å². The molecule has 10 nitrogen and oxygen atoms in total. The molecule has 8 aliphatic carbocycles. The van der Waals surface area contributed by atoms with Crippen molar-refractivity contribution in [3.63, 3.8) is 0 Å². The van der Waals surface area contributed by atoms with Gasteiger partial charge in [0.25, 0.3) is 0 Å². The van der Waals surface area contributed by atoms with Gasteiger partial charge in [-0.3, -0.25) is 4.79 Å². The molecule has 784 valence electrons. The van der Waals surface area contributed by atoms with Crippen LogP contribution < -0.4 is 19.6 Å². The number of fused-ring (bicyclic) bond motifs is 4. The van der Waals surface area contributed by atoms with E-state index >= 15 is 0 Å². The molecule has 4 aromatic rings. The van der Waals surface area contributed by atoms with Gasteiger partial charge in [-0.25, -0.2) is 13.7 Å². The number of hydrogen-bond acceptors (Lipinski definition) is 9. The molecule has 0 spiro atoms. The third kappa shape index (κ3) is 35.8. The molecule has 0 unspecified atom stereocenters. The van der Waals surface area contributed by atoms with Crippen molar-refractivity contribution < 1.29 is 96.1 Å². The summed E-state index contributed by atoms with van der Waals surface area (Å²) in [5.74, 6) is 8.49. The van der Waals surface area contributed by atoms with Gasteiger partial charge in [-0.15, -0.1) is 0 Å². The minimum atomic E-state index is -0.0835. The molecule has 0 atom stereocenters. The van der Waals surface area contributed by atoms with E-state index in [2.05, 4.69) is 242 Å². The zero-order valence-corrected chi connectivity index (χ0v) is 98.6. The fraction of sp³-hybridized carbons (Fsp3) is 0.631. The molecular formula is C122H198Fe4N8O2S3+4. The minimum Gasteiger partial charge on any atom is -0.438 e. The summed E-state index contributed by atoms with van der Waals surface area (Å²) in [5.41, 5.74) is 17.0. The van der Waals surface area contributed by atoms with E-state index in [1.165, 1.54) is 371 Å². The third-order valence-corrected chi connectivity index (χ3v) is 34.9. The quantitative estimate of drug-likeness (QED) is 0.0435. The molecule has 0 bridgehead atoms. The number of ketones is 1. The van der Waals surface area contributed by atoms with Crippen molar-refractivity contribution in [3.8, 4) is 0 Å². The number of Topliss-reactive ketones (excluding diaryl/α,β-unsaturated/α-hetero) is 1. The van der Waals surface area contributed by atoms with Crippen molar-refractivity contribution >= 4 is 84.8 Å². The van der Waals surface area contributed by atoms with E-state index in [-0.39, 0.29) is 149 Å². The van der Waals surface area contributed by atoms with Gasteiger partial charge < -0.3 is 83.7 Å². The van der Waals surface area contributed by atoms with Gasteiger partial charge in [0.15, 0.2) is 38.6 Å². The Hall–Kier alpha value is -3.68. The van der Waals surface area contributed by atoms with Crippen LogP contribution in [0.3, 0.4) is 0 Å². The predicted molar refractivity (Wildman–Crippen MR) is 605 cm³/mol. The topological polar surface area (TPSA) is 51.3 Å². The number of ether oxygens (including phenoxy) is 1. The summed E-state index contributed by atoms with van der Waals surface area (Å²) in [6.07, 6.45) is 68.1. The van der Waals surface area contributed by atoms with Crippen molar-refractivity contribution in [2.45, 2.75) is 368 Å². The molecule has 8 heterocycles. The van der Waals surface area contributed by atoms with Gasteiger partial charge in [0.1, 0.15) is 26.2 Å². The molecule has 0 N–H and O–H groups in total. The molecule has 0 amide bonds. The molecule has 0 saturated heterocycles. The zero-order valence-electron chi connectivity index (χ0n) is 91.7. The van der Waals surface area contributed by atoms with Crippen molar-refractivity contribution in [1.82, 2.24) is 0 Å². The first-order valence-electron chi connectivity index (χ1n) is 52.7. The van der Waals surface area contributed by atoms with Crippen molar-refractivity contribution in [2.75, 3.05) is 122 Å². The number of rotatable bonds is 22. The summed E-state index contributed by atoms with van der Waals surface area (Å²) in [6.45, 7) is 41.5. The molecular weight excluding hydrogens is 1930 g/mol. The Morgan fingerprint density at radius 3 is 0.871 bits per heavy atom. The first kappa shape index (κ1) is 133. The van der Waals surface area contributed by atoms with Gasteiger partial charge in [0.2, 0.25) is 15.1 Å². The molecule has 17 heteroatoms. The second-order valence-electron chi connectivity index (χ2n) is 41.9. The summed E-state index contributed by atoms with van der Waals surface area (Å²) < 4.78 is 15.8. The van der Waals surface area contributed by atoms with Crippen LogP contribution >= 0.6 is 35.3 Å². The second-order valence-corrected chi connectivity index (χ2v) is 45.3. The summed E-state index contributed by atoms with van der Waals surface area (Å²) in [4.78, 5) is 23.2. The Bertz CT molecular complexity index is 4240. The van der Waals surface area contributed by atoms with Crippen LogP contribution in [0.15, 0.2) is 144 Å². The largest absolute Gasteiger partial charge is 2.00 e. The van der Waals surface area contributed by atoms with E-state index in [0.717, 1.165) is 94.8 Å². The molecule has 8 fully saturated rings. The number of anilines is 4. The fourth-order valence-corrected chi connectivity index (χ4v) is 27.1. The predicted octanol–water partition coefficient (Wildman–Crippen LogP) is 32.3. The van der Waals surface area contributed by atoms with Crippen molar-refractivity contribution in [2.24, 2.45) is 23.7 Å². The molecule has 139 heavy (non-hydrogen) atoms. The third-order valence-electron chi connectivity index (χ3n) is 31.7. The van der Waals surface area contributed by atoms with Crippen LogP contribution in [0.4, 0.5) is 22.7 Å². The Labute approximate surface area is 912 Å². The Balaban J connectivity index is 0.000000841. The summed E-state index contributed by atoms with van der Waals surface area (Å²) in [6, 6.07) is 35.7. The van der Waals surface area contributed by atoms with Crippen LogP contribution in [0.2, 0.25) is 0 Å². The number of allylic oxidation sites excluding steroid dienone is 4. The van der Waals surface area contributed by atoms with E-state index < -0.39 is 0 Å². The van der Waals surface area contributed by atoms with Gasteiger partial charge in [0, 0.05) is 111 Å². The second kappa shape index (κ2) is 67.3. The van der Waals surface area contributed by atoms with E-state index in [9.17, 15) is 4.79 Å². The van der Waals surface area contributed by atoms with E-state index in [4.69, 9.17) is 4.74 Å². The number of thioether (sulfide) groups is 3. The normalized spacial score (nSPS) is 21.7. The van der Waals surface area contributed by atoms with Gasteiger partial charge in [-0.2, -0.15) is 4.58 Å². The average molecular weight is 2130 g/mol. The van der Waals surface area contributed by atoms with E-state index in [0.29, 0.717) is 18.2 Å². The Kier molecular flexibility index (Phi) is 64.6. The summed E-state index contributed by atoms with van der Waals surface area (Å²) in [5, 5.41) is 4.29. The number of hydrogen-bond donors (Lipinski definition) is 0. The van der Waals surface area contributed by atoms with E-state index in [1.54, 1.807) is 0 Å². The first-order valence-corrected chi connectivity index (χ1v) is 55.7. The van der Waals surface area contributed by atoms with Crippen molar-refractivity contribution in [3.05, 3.63) is 226 Å². The minimum absolute atomic E-state index is 0. The van der Waals surface area contributed by atoms with Crippen molar-refractivity contribution in [1.29, 1.82) is 0 Å². The zero-order chi connectivity index (χ0) is 89.0. The SMILES string of the molecule is C1CCCC1.C1CCCC1.C1CCCC1.C1CCCC1.CC[N+]1=C(C=C2N(CC(=O)CC3CCCC3)c3ccccc3C2(C)C)SCC1.CC[N+]1=C(C=C2N(CCC3CCCC3)c3ccccc3C2(C)C)OCC1.CC[N+]1=C(C=C2N(CCC3CCCC3)c3ccccc3C2(C)C)SCC1.CC[N+]1=C(C=C2N(CCCC3CCCC3)c3ccccc3C2(C)C)SCC1.[CH3-].[CH3-].[CH3-].[CH3-].[CH3-].[CH3-].[CH3-].[CH3-].[Fe+2].[Fe+2].[Fe+2].[Fe+2]. The van der Waals surface area contributed by atoms with Gasteiger partial charge in [-0.05, 0) is 124 Å². The molecule has 0 aromatic heterocycles. The smallest absolute Gasteiger partial charge is 0.438 e. The number of para-hydroxylation sites is 4. The number of nitrogens with zero attached hydrogens (tertiary/aromatic N) is 8. The van der Waals surface area contributed by atoms with Crippen LogP contribution in [0.25, 0.3) is 0 Å². The van der Waals surface area contributed by atoms with Crippen LogP contribution in [0.5, 0.6) is 0 Å². The fourth-order valence-electron chi connectivity index (χ4n) is 23.8. The maximum Gasteiger partial charge on any atom is 2.00 e. The average Bonchev–Trinajstić information content (AvgIpc) is 1.63. The van der Waals surface area contributed by atoms with Gasteiger partial charge in [0.05, 0.1) is 29.9 Å². The summed E-state index contributed by atoms with van der Waals surface area (Å²) in [7, 11) is 0. The Morgan fingerprint density at radius 2 is 0.576 bits per heavy atom. The monoisotopic (exact) mass is 2130 g/mol. The van der Waals surface area contributed by atoms with Crippen LogP contribution in [-0.4, -0.2) is 148 Å². The van der Waals surface area contributed by atoms with Crippen LogP contribution in [0.1, 0.15) is 369 Å². The van der Waals surface area contributed by atoms with Gasteiger partial charge >= 0.3 is 74.2 Å². The number of likely N-dealkylation sites (N-methyl/N-ethyl adjacent to an activating group) is 1. The number of benzene rings is 4. The molecule has 8 saturated carbocycles. The standard InChI is InChI=1S/C24H33N2OS.C24H35N2S.C23H33N2O.C23H33N2S.4C5H10.8CH3.4Fe/c1-4-25-13-14-28-23(25)16-22-24(2,3)20-11-7-8-12-21(20)26(22)17-19(27)15-18-9-5-6-10-18;1-4-25-16-17-27-23(25)18-22-24(2,3)20-13-7-8-14-21(20)26(22)15-9-12-19-10-5-6-11-19;2*1-4-24-15-16-26-22(24)17-21-23(2,3)19-11-7-8-12-20(19)25(21)14-13-18-9-5-6-10-18;4*1-2-4-5-3-1;;;;;;;;;;;;/h7-8,11-12,16,18H,4-6,9-10,13-15,17H2,1-3H3;7-8,13-14,18-19H,4-6,9-12,15-17H2,1-3H3;2*7-8,11-12,17-18H,4-6,9-10,13-16H2,1-3H3;4*1-5H2;8*1H3;;;;/q4*+1;;;;;8*-1;4*+2. The molecule has 20 rings (SSSR count). The first-order chi connectivity index (χ1) is 61.8. The van der Waals surface area contributed by atoms with E-state index in [1.807, 2.05) is 35.3 Å². The van der Waals surface area contributed by atoms with Crippen LogP contribution in [-0.2, 0) is 99.5 Å². The Morgan fingerprint density at radius 1 is 0.324 bits per heavy atom. The maximum atomic E-state index is 13.0. The molecule has 16 aliphatic rings. The maximum absolute atomic E-state index is 13.0. The summed E-state index contributed by atoms with van der Waals surface area (Å²) >= 11 is 6.00. The molecule has 8 aliphatic heterocycles.